The molecule has 0 radical (unpaired) electrons. The van der Waals surface area contributed by atoms with E-state index in [0.29, 0.717) is 23.6 Å². The molecule has 1 heterocycles. The number of aryl methyl sites for hydroxylation is 1. The lowest BCUT2D eigenvalue weighted by molar-refractivity contribution is -0.914. The van der Waals surface area contributed by atoms with Gasteiger partial charge in [0.25, 0.3) is 5.69 Å². The van der Waals surface area contributed by atoms with Crippen molar-refractivity contribution in [3.63, 3.8) is 0 Å². The van der Waals surface area contributed by atoms with Crippen LogP contribution in [0.4, 0.5) is 11.4 Å². The lowest BCUT2D eigenvalue weighted by Gasteiger charge is -2.34. The molecule has 7 nitrogen and oxygen atoms in total. The summed E-state index contributed by atoms with van der Waals surface area (Å²) < 4.78 is 10.5. The molecule has 144 valence electrons. The van der Waals surface area contributed by atoms with Gasteiger partial charge < -0.3 is 19.3 Å². The zero-order chi connectivity index (χ0) is 19.4. The first-order valence-corrected chi connectivity index (χ1v) is 9.07. The van der Waals surface area contributed by atoms with E-state index in [-0.39, 0.29) is 10.6 Å². The normalized spacial score (nSPS) is 14.9. The molecule has 1 saturated heterocycles. The highest BCUT2D eigenvalue weighted by Crippen LogP contribution is 2.34. The Balaban J connectivity index is 1.73. The summed E-state index contributed by atoms with van der Waals surface area (Å²) in [5, 5.41) is 11.5. The van der Waals surface area contributed by atoms with Crippen molar-refractivity contribution in [2.75, 3.05) is 45.3 Å². The lowest BCUT2D eigenvalue weighted by Crippen LogP contribution is -3.13. The van der Waals surface area contributed by atoms with Gasteiger partial charge in [-0.05, 0) is 24.6 Å². The van der Waals surface area contributed by atoms with Crippen LogP contribution in [-0.2, 0) is 6.54 Å². The van der Waals surface area contributed by atoms with Gasteiger partial charge in [0.1, 0.15) is 6.54 Å². The van der Waals surface area contributed by atoms with Crippen LogP contribution in [-0.4, -0.2) is 45.3 Å². The maximum absolute atomic E-state index is 11.5. The van der Waals surface area contributed by atoms with Crippen molar-refractivity contribution in [1.29, 1.82) is 0 Å². The quantitative estimate of drug-likeness (QED) is 0.619. The summed E-state index contributed by atoms with van der Waals surface area (Å²) in [5.41, 5.74) is 3.31. The summed E-state index contributed by atoms with van der Waals surface area (Å²) in [6.45, 7) is 6.45. The first-order valence-electron chi connectivity index (χ1n) is 9.07. The second-order valence-electron chi connectivity index (χ2n) is 6.79. The predicted molar refractivity (Wildman–Crippen MR) is 104 cm³/mol. The van der Waals surface area contributed by atoms with E-state index >= 15 is 0 Å². The van der Waals surface area contributed by atoms with Crippen LogP contribution < -0.4 is 19.3 Å². The number of anilines is 1. The Morgan fingerprint density at radius 2 is 1.74 bits per heavy atom. The monoisotopic (exact) mass is 372 g/mol. The Kier molecular flexibility index (Phi) is 5.81. The first-order chi connectivity index (χ1) is 13.0. The minimum Gasteiger partial charge on any atom is -0.493 e. The fourth-order valence-corrected chi connectivity index (χ4v) is 3.65. The highest BCUT2D eigenvalue weighted by Gasteiger charge is 2.26. The summed E-state index contributed by atoms with van der Waals surface area (Å²) in [5.74, 6) is 0.906. The minimum absolute atomic E-state index is 0.0847. The van der Waals surface area contributed by atoms with E-state index in [0.717, 1.165) is 26.2 Å². The Morgan fingerprint density at radius 1 is 1.11 bits per heavy atom. The van der Waals surface area contributed by atoms with Crippen molar-refractivity contribution in [1.82, 2.24) is 0 Å². The number of quaternary nitrogens is 1. The van der Waals surface area contributed by atoms with Gasteiger partial charge >= 0.3 is 0 Å². The van der Waals surface area contributed by atoms with E-state index in [1.54, 1.807) is 13.2 Å². The van der Waals surface area contributed by atoms with Crippen LogP contribution in [0.25, 0.3) is 0 Å². The van der Waals surface area contributed by atoms with Gasteiger partial charge in [-0.25, -0.2) is 0 Å². The number of ether oxygens (including phenoxy) is 2. The largest absolute Gasteiger partial charge is 0.493 e. The van der Waals surface area contributed by atoms with Gasteiger partial charge in [-0.15, -0.1) is 0 Å². The molecule has 2 aromatic rings. The topological polar surface area (TPSA) is 69.3 Å². The Hall–Kier alpha value is -2.80. The van der Waals surface area contributed by atoms with Crippen LogP contribution in [0, 0.1) is 17.0 Å². The SMILES string of the molecule is COc1cc(C[NH+]2CCN(c3ccccc3C)CC2)c([N+](=O)[O-])cc1OC. The van der Waals surface area contributed by atoms with Gasteiger partial charge in [-0.3, -0.25) is 10.1 Å². The third kappa shape index (κ3) is 4.14. The molecule has 1 N–H and O–H groups in total. The van der Waals surface area contributed by atoms with Crippen LogP contribution in [0.1, 0.15) is 11.1 Å². The number of benzene rings is 2. The number of hydrogen-bond donors (Lipinski definition) is 1. The molecule has 0 unspecified atom stereocenters. The van der Waals surface area contributed by atoms with Gasteiger partial charge in [0, 0.05) is 5.69 Å². The molecule has 2 aromatic carbocycles. The molecule has 0 saturated carbocycles. The molecular weight excluding hydrogens is 346 g/mol. The van der Waals surface area contributed by atoms with Crippen LogP contribution in [0.5, 0.6) is 11.5 Å². The fraction of sp³-hybridized carbons (Fsp3) is 0.400. The summed E-state index contributed by atoms with van der Waals surface area (Å²) in [4.78, 5) is 14.9. The van der Waals surface area contributed by atoms with Gasteiger partial charge in [0.15, 0.2) is 11.5 Å². The molecule has 0 amide bonds. The van der Waals surface area contributed by atoms with Gasteiger partial charge in [0.05, 0.1) is 57.0 Å². The average Bonchev–Trinajstić information content (AvgIpc) is 2.68. The molecule has 27 heavy (non-hydrogen) atoms. The van der Waals surface area contributed by atoms with Crippen molar-refractivity contribution in [3.8, 4) is 11.5 Å². The number of nitro benzene ring substituents is 1. The van der Waals surface area contributed by atoms with Crippen LogP contribution in [0.2, 0.25) is 0 Å². The van der Waals surface area contributed by atoms with E-state index in [1.807, 2.05) is 0 Å². The third-order valence-corrected chi connectivity index (χ3v) is 5.15. The number of nitrogens with zero attached hydrogens (tertiary/aromatic N) is 2. The smallest absolute Gasteiger partial charge is 0.282 e. The number of hydrogen-bond acceptors (Lipinski definition) is 5. The highest BCUT2D eigenvalue weighted by atomic mass is 16.6. The van der Waals surface area contributed by atoms with Crippen LogP contribution in [0.3, 0.4) is 0 Å². The fourth-order valence-electron chi connectivity index (χ4n) is 3.65. The Bertz CT molecular complexity index is 817. The van der Waals surface area contributed by atoms with Gasteiger partial charge in [0.2, 0.25) is 0 Å². The molecule has 7 heteroatoms. The molecule has 0 aliphatic carbocycles. The van der Waals surface area contributed by atoms with E-state index in [4.69, 9.17) is 9.47 Å². The molecule has 1 aliphatic heterocycles. The molecular formula is C20H26N3O4+. The zero-order valence-electron chi connectivity index (χ0n) is 16.0. The van der Waals surface area contributed by atoms with Crippen molar-refractivity contribution in [2.24, 2.45) is 0 Å². The standard InChI is InChI=1S/C20H25N3O4/c1-15-6-4-5-7-17(15)22-10-8-21(9-11-22)14-16-12-19(26-2)20(27-3)13-18(16)23(24)25/h4-7,12-13H,8-11,14H2,1-3H3/p+1. The summed E-state index contributed by atoms with van der Waals surface area (Å²) in [7, 11) is 3.03. The van der Waals surface area contributed by atoms with Crippen molar-refractivity contribution >= 4 is 11.4 Å². The van der Waals surface area contributed by atoms with Gasteiger partial charge in [-0.1, -0.05) is 18.2 Å². The molecule has 3 rings (SSSR count). The third-order valence-electron chi connectivity index (χ3n) is 5.15. The molecule has 1 aliphatic rings. The number of nitrogens with one attached hydrogen (secondary N) is 1. The van der Waals surface area contributed by atoms with Crippen molar-refractivity contribution in [2.45, 2.75) is 13.5 Å². The predicted octanol–water partition coefficient (Wildman–Crippen LogP) is 1.83. The van der Waals surface area contributed by atoms with Crippen molar-refractivity contribution < 1.29 is 19.3 Å². The van der Waals surface area contributed by atoms with Crippen LogP contribution in [0.15, 0.2) is 36.4 Å². The zero-order valence-corrected chi connectivity index (χ0v) is 16.0. The summed E-state index contributed by atoms with van der Waals surface area (Å²) in [6.07, 6.45) is 0. The van der Waals surface area contributed by atoms with Crippen molar-refractivity contribution in [3.05, 3.63) is 57.6 Å². The number of para-hydroxylation sites is 1. The molecule has 0 aromatic heterocycles. The van der Waals surface area contributed by atoms with Gasteiger partial charge in [-0.2, -0.15) is 0 Å². The number of rotatable bonds is 6. The minimum atomic E-state index is -0.347. The Labute approximate surface area is 159 Å². The average molecular weight is 372 g/mol. The molecule has 1 fully saturated rings. The number of nitro groups is 1. The summed E-state index contributed by atoms with van der Waals surface area (Å²) >= 11 is 0. The molecule has 0 atom stereocenters. The summed E-state index contributed by atoms with van der Waals surface area (Å²) in [6, 6.07) is 11.6. The van der Waals surface area contributed by atoms with E-state index in [2.05, 4.69) is 36.1 Å². The second kappa shape index (κ2) is 8.26. The number of piperazine rings is 1. The Morgan fingerprint density at radius 3 is 2.33 bits per heavy atom. The second-order valence-corrected chi connectivity index (χ2v) is 6.79. The van der Waals surface area contributed by atoms with E-state index < -0.39 is 0 Å². The lowest BCUT2D eigenvalue weighted by atomic mass is 10.1. The molecule has 0 bridgehead atoms. The first kappa shape index (κ1) is 19.0. The molecule has 0 spiro atoms. The number of methoxy groups -OCH3 is 2. The van der Waals surface area contributed by atoms with E-state index in [9.17, 15) is 10.1 Å². The maximum Gasteiger partial charge on any atom is 0.282 e. The maximum atomic E-state index is 11.5. The van der Waals surface area contributed by atoms with E-state index in [1.165, 1.54) is 29.3 Å². The van der Waals surface area contributed by atoms with Crippen LogP contribution >= 0.6 is 0 Å². The highest BCUT2D eigenvalue weighted by molar-refractivity contribution is 5.54.